The SMILES string of the molecule is CCOC(=O)C[C@@H]1C(=O)N[C@H]2CCCC[C@@H]2N1C(=O)Nc1ccccc1. The third-order valence-corrected chi connectivity index (χ3v) is 4.98. The number of amides is 3. The molecule has 1 saturated heterocycles. The normalized spacial score (nSPS) is 25.0. The van der Waals surface area contributed by atoms with E-state index in [-0.39, 0.29) is 37.0 Å². The average molecular weight is 359 g/mol. The number of rotatable bonds is 4. The van der Waals surface area contributed by atoms with Gasteiger partial charge in [-0.3, -0.25) is 9.59 Å². The van der Waals surface area contributed by atoms with E-state index in [1.807, 2.05) is 18.2 Å². The minimum absolute atomic E-state index is 0.0591. The van der Waals surface area contributed by atoms with Crippen molar-refractivity contribution in [2.24, 2.45) is 0 Å². The van der Waals surface area contributed by atoms with Gasteiger partial charge in [-0.15, -0.1) is 0 Å². The molecule has 3 atom stereocenters. The van der Waals surface area contributed by atoms with Gasteiger partial charge in [0.15, 0.2) is 0 Å². The summed E-state index contributed by atoms with van der Waals surface area (Å²) in [5.41, 5.74) is 0.658. The molecule has 7 nitrogen and oxygen atoms in total. The summed E-state index contributed by atoms with van der Waals surface area (Å²) in [5.74, 6) is -0.760. The van der Waals surface area contributed by atoms with Crippen molar-refractivity contribution >= 4 is 23.6 Å². The van der Waals surface area contributed by atoms with Gasteiger partial charge >= 0.3 is 12.0 Å². The van der Waals surface area contributed by atoms with Gasteiger partial charge in [0.05, 0.1) is 19.1 Å². The molecule has 1 heterocycles. The summed E-state index contributed by atoms with van der Waals surface area (Å²) >= 11 is 0. The molecular weight excluding hydrogens is 334 g/mol. The third kappa shape index (κ3) is 3.98. The molecule has 3 rings (SSSR count). The molecule has 0 aromatic heterocycles. The van der Waals surface area contributed by atoms with Crippen LogP contribution in [0.1, 0.15) is 39.0 Å². The molecule has 2 fully saturated rings. The maximum absolute atomic E-state index is 13.0. The van der Waals surface area contributed by atoms with E-state index in [1.165, 1.54) is 0 Å². The van der Waals surface area contributed by atoms with Gasteiger partial charge in [-0.05, 0) is 31.9 Å². The Labute approximate surface area is 153 Å². The maximum Gasteiger partial charge on any atom is 0.322 e. The van der Waals surface area contributed by atoms with Crippen LogP contribution in [0.5, 0.6) is 0 Å². The highest BCUT2D eigenvalue weighted by Gasteiger charge is 2.46. The Bertz CT molecular complexity index is 664. The van der Waals surface area contributed by atoms with Crippen LogP contribution >= 0.6 is 0 Å². The zero-order valence-electron chi connectivity index (χ0n) is 14.9. The molecule has 0 spiro atoms. The predicted octanol–water partition coefficient (Wildman–Crippen LogP) is 2.28. The molecule has 0 radical (unpaired) electrons. The van der Waals surface area contributed by atoms with Crippen molar-refractivity contribution in [3.05, 3.63) is 30.3 Å². The van der Waals surface area contributed by atoms with Crippen LogP contribution in [-0.4, -0.2) is 47.5 Å². The van der Waals surface area contributed by atoms with Crippen molar-refractivity contribution in [1.82, 2.24) is 10.2 Å². The first kappa shape index (κ1) is 18.2. The minimum atomic E-state index is -0.850. The molecule has 1 aromatic rings. The molecule has 1 aliphatic carbocycles. The van der Waals surface area contributed by atoms with Crippen LogP contribution in [0.25, 0.3) is 0 Å². The van der Waals surface area contributed by atoms with E-state index in [9.17, 15) is 14.4 Å². The molecule has 140 valence electrons. The summed E-state index contributed by atoms with van der Waals surface area (Å²) in [7, 11) is 0. The molecule has 1 aliphatic heterocycles. The highest BCUT2D eigenvalue weighted by Crippen LogP contribution is 2.30. The Morgan fingerprint density at radius 2 is 1.96 bits per heavy atom. The number of nitrogens with one attached hydrogen (secondary N) is 2. The van der Waals surface area contributed by atoms with E-state index in [0.717, 1.165) is 25.7 Å². The fourth-order valence-electron chi connectivity index (χ4n) is 3.82. The third-order valence-electron chi connectivity index (χ3n) is 4.98. The molecule has 1 saturated carbocycles. The first-order chi connectivity index (χ1) is 12.6. The van der Waals surface area contributed by atoms with E-state index < -0.39 is 12.0 Å². The number of piperazine rings is 1. The molecule has 1 aromatic carbocycles. The van der Waals surface area contributed by atoms with Crippen molar-refractivity contribution in [2.75, 3.05) is 11.9 Å². The quantitative estimate of drug-likeness (QED) is 0.808. The van der Waals surface area contributed by atoms with Crippen molar-refractivity contribution in [2.45, 2.75) is 57.2 Å². The van der Waals surface area contributed by atoms with Gasteiger partial charge < -0.3 is 20.3 Å². The van der Waals surface area contributed by atoms with E-state index in [1.54, 1.807) is 24.0 Å². The van der Waals surface area contributed by atoms with E-state index >= 15 is 0 Å². The fraction of sp³-hybridized carbons (Fsp3) is 0.526. The van der Waals surface area contributed by atoms with E-state index in [0.29, 0.717) is 5.69 Å². The first-order valence-electron chi connectivity index (χ1n) is 9.20. The number of ether oxygens (including phenoxy) is 1. The van der Waals surface area contributed by atoms with Crippen LogP contribution < -0.4 is 10.6 Å². The summed E-state index contributed by atoms with van der Waals surface area (Å²) in [6.07, 6.45) is 3.55. The summed E-state index contributed by atoms with van der Waals surface area (Å²) < 4.78 is 5.00. The number of anilines is 1. The number of hydrogen-bond acceptors (Lipinski definition) is 4. The van der Waals surface area contributed by atoms with Crippen molar-refractivity contribution in [3.8, 4) is 0 Å². The standard InChI is InChI=1S/C19H25N3O4/c1-2-26-17(23)12-16-18(24)21-14-10-6-7-11-15(14)22(16)19(25)20-13-8-4-3-5-9-13/h3-5,8-9,14-16H,2,6-7,10-12H2,1H3,(H,20,25)(H,21,24)/t14-,15-,16+/m0/s1. The number of fused-ring (bicyclic) bond motifs is 1. The lowest BCUT2D eigenvalue weighted by Crippen LogP contribution is -2.68. The van der Waals surface area contributed by atoms with Gasteiger partial charge in [0, 0.05) is 11.7 Å². The molecular formula is C19H25N3O4. The summed E-state index contributed by atoms with van der Waals surface area (Å²) in [5, 5.41) is 5.85. The van der Waals surface area contributed by atoms with Gasteiger partial charge in [0.2, 0.25) is 5.91 Å². The zero-order valence-corrected chi connectivity index (χ0v) is 14.9. The van der Waals surface area contributed by atoms with Crippen molar-refractivity contribution in [3.63, 3.8) is 0 Å². The number of nitrogens with zero attached hydrogens (tertiary/aromatic N) is 1. The number of benzene rings is 1. The number of esters is 1. The lowest BCUT2D eigenvalue weighted by Gasteiger charge is -2.47. The number of hydrogen-bond donors (Lipinski definition) is 2. The summed E-state index contributed by atoms with van der Waals surface area (Å²) in [4.78, 5) is 39.2. The molecule has 3 amide bonds. The monoisotopic (exact) mass is 359 g/mol. The van der Waals surface area contributed by atoms with Crippen molar-refractivity contribution < 1.29 is 19.1 Å². The molecule has 0 bridgehead atoms. The topological polar surface area (TPSA) is 87.7 Å². The fourth-order valence-corrected chi connectivity index (χ4v) is 3.82. The van der Waals surface area contributed by atoms with Gasteiger partial charge in [0.25, 0.3) is 0 Å². The second kappa shape index (κ2) is 8.21. The van der Waals surface area contributed by atoms with E-state index in [4.69, 9.17) is 4.74 Å². The average Bonchev–Trinajstić information content (AvgIpc) is 2.63. The minimum Gasteiger partial charge on any atom is -0.466 e. The van der Waals surface area contributed by atoms with E-state index in [2.05, 4.69) is 10.6 Å². The molecule has 0 unspecified atom stereocenters. The van der Waals surface area contributed by atoms with Crippen LogP contribution in [0.3, 0.4) is 0 Å². The Hall–Kier alpha value is -2.57. The zero-order chi connectivity index (χ0) is 18.5. The lowest BCUT2D eigenvalue weighted by molar-refractivity contribution is -0.148. The summed E-state index contributed by atoms with van der Waals surface area (Å²) in [6, 6.07) is 7.75. The van der Waals surface area contributed by atoms with Crippen LogP contribution in [0.2, 0.25) is 0 Å². The van der Waals surface area contributed by atoms with Gasteiger partial charge in [-0.2, -0.15) is 0 Å². The highest BCUT2D eigenvalue weighted by atomic mass is 16.5. The Morgan fingerprint density at radius 3 is 2.69 bits per heavy atom. The van der Waals surface area contributed by atoms with Crippen LogP contribution in [0, 0.1) is 0 Å². The second-order valence-electron chi connectivity index (χ2n) is 6.70. The van der Waals surface area contributed by atoms with Gasteiger partial charge in [-0.1, -0.05) is 31.0 Å². The number of carbonyl (C=O) groups excluding carboxylic acids is 3. The van der Waals surface area contributed by atoms with Crippen LogP contribution in [0.4, 0.5) is 10.5 Å². The Morgan fingerprint density at radius 1 is 1.23 bits per heavy atom. The Balaban J connectivity index is 1.83. The van der Waals surface area contributed by atoms with Crippen LogP contribution in [-0.2, 0) is 14.3 Å². The van der Waals surface area contributed by atoms with Gasteiger partial charge in [-0.25, -0.2) is 4.79 Å². The molecule has 26 heavy (non-hydrogen) atoms. The van der Waals surface area contributed by atoms with Crippen LogP contribution in [0.15, 0.2) is 30.3 Å². The molecule has 2 aliphatic rings. The predicted molar refractivity (Wildman–Crippen MR) is 96.5 cm³/mol. The second-order valence-corrected chi connectivity index (χ2v) is 6.70. The van der Waals surface area contributed by atoms with Gasteiger partial charge in [0.1, 0.15) is 6.04 Å². The number of para-hydroxylation sites is 1. The summed E-state index contributed by atoms with van der Waals surface area (Å²) in [6.45, 7) is 1.96. The number of urea groups is 1. The molecule has 2 N–H and O–H groups in total. The Kier molecular flexibility index (Phi) is 5.75. The lowest BCUT2D eigenvalue weighted by atomic mass is 9.85. The first-order valence-corrected chi connectivity index (χ1v) is 9.20. The number of carbonyl (C=O) groups is 3. The largest absolute Gasteiger partial charge is 0.466 e. The van der Waals surface area contributed by atoms with Crippen molar-refractivity contribution in [1.29, 1.82) is 0 Å². The highest BCUT2D eigenvalue weighted by molar-refractivity contribution is 5.96. The maximum atomic E-state index is 13.0. The molecule has 7 heteroatoms. The smallest absolute Gasteiger partial charge is 0.322 e.